The van der Waals surface area contributed by atoms with Crippen molar-refractivity contribution in [2.45, 2.75) is 39.9 Å². The summed E-state index contributed by atoms with van der Waals surface area (Å²) in [5.41, 5.74) is 1.71. The lowest BCUT2D eigenvalue weighted by Gasteiger charge is -2.30. The smallest absolute Gasteiger partial charge is 0.242 e. The summed E-state index contributed by atoms with van der Waals surface area (Å²) in [6, 6.07) is 12.4. The van der Waals surface area contributed by atoms with Crippen molar-refractivity contribution in [3.8, 4) is 5.75 Å². The van der Waals surface area contributed by atoms with Gasteiger partial charge in [-0.05, 0) is 36.8 Å². The van der Waals surface area contributed by atoms with Crippen molar-refractivity contribution in [1.29, 1.82) is 0 Å². The van der Waals surface area contributed by atoms with Crippen LogP contribution in [0.15, 0.2) is 48.7 Å². The van der Waals surface area contributed by atoms with Crippen LogP contribution in [0, 0.1) is 5.92 Å². The molecule has 2 amide bonds. The molecule has 144 valence electrons. The van der Waals surface area contributed by atoms with E-state index >= 15 is 0 Å². The number of aromatic nitrogens is 1. The molecule has 1 aromatic carbocycles. The molecule has 0 spiro atoms. The Labute approximate surface area is 160 Å². The minimum Gasteiger partial charge on any atom is -0.497 e. The van der Waals surface area contributed by atoms with Crippen LogP contribution in [0.25, 0.3) is 0 Å². The molecule has 1 aromatic heterocycles. The van der Waals surface area contributed by atoms with E-state index in [1.54, 1.807) is 25.1 Å². The number of pyridine rings is 1. The van der Waals surface area contributed by atoms with E-state index in [1.807, 2.05) is 56.3 Å². The summed E-state index contributed by atoms with van der Waals surface area (Å²) >= 11 is 0. The Morgan fingerprint density at radius 1 is 1.11 bits per heavy atom. The number of carbonyl (C=O) groups excluding carboxylic acids is 2. The van der Waals surface area contributed by atoms with E-state index in [1.165, 1.54) is 0 Å². The summed E-state index contributed by atoms with van der Waals surface area (Å²) in [6.07, 6.45) is 1.68. The first-order valence-electron chi connectivity index (χ1n) is 9.03. The molecule has 0 fully saturated rings. The fraction of sp³-hybridized carbons (Fsp3) is 0.381. The number of carbonyl (C=O) groups is 2. The molecule has 0 bridgehead atoms. The zero-order valence-corrected chi connectivity index (χ0v) is 16.3. The first kappa shape index (κ1) is 20.4. The van der Waals surface area contributed by atoms with E-state index in [4.69, 9.17) is 4.74 Å². The zero-order chi connectivity index (χ0) is 19.8. The Bertz CT molecular complexity index is 745. The van der Waals surface area contributed by atoms with Crippen LogP contribution >= 0.6 is 0 Å². The van der Waals surface area contributed by atoms with E-state index in [0.717, 1.165) is 17.0 Å². The van der Waals surface area contributed by atoms with E-state index < -0.39 is 6.04 Å². The molecule has 0 saturated carbocycles. The standard InChI is InChI=1S/C21H27N3O3/c1-15(2)21(26)24(14-17-8-10-19(27-4)11-9-17)16(3)20(25)23-13-18-7-5-6-12-22-18/h5-12,15-16H,13-14H2,1-4H3,(H,23,25). The van der Waals surface area contributed by atoms with Crippen molar-refractivity contribution in [2.75, 3.05) is 7.11 Å². The van der Waals surface area contributed by atoms with E-state index in [0.29, 0.717) is 13.1 Å². The Balaban J connectivity index is 2.09. The summed E-state index contributed by atoms with van der Waals surface area (Å²) in [7, 11) is 1.61. The maximum Gasteiger partial charge on any atom is 0.242 e. The van der Waals surface area contributed by atoms with Gasteiger partial charge in [-0.25, -0.2) is 0 Å². The fourth-order valence-electron chi connectivity index (χ4n) is 2.63. The van der Waals surface area contributed by atoms with E-state index in [9.17, 15) is 9.59 Å². The minimum absolute atomic E-state index is 0.0636. The van der Waals surface area contributed by atoms with Gasteiger partial charge in [-0.3, -0.25) is 14.6 Å². The topological polar surface area (TPSA) is 71.5 Å². The molecule has 0 aliphatic carbocycles. The van der Waals surface area contributed by atoms with Gasteiger partial charge in [0, 0.05) is 18.7 Å². The molecular formula is C21H27N3O3. The van der Waals surface area contributed by atoms with Gasteiger partial charge in [-0.2, -0.15) is 0 Å². The van der Waals surface area contributed by atoms with Crippen molar-refractivity contribution < 1.29 is 14.3 Å². The van der Waals surface area contributed by atoms with Crippen molar-refractivity contribution in [2.24, 2.45) is 5.92 Å². The number of hydrogen-bond donors (Lipinski definition) is 1. The number of benzene rings is 1. The molecule has 0 saturated heterocycles. The monoisotopic (exact) mass is 369 g/mol. The quantitative estimate of drug-likeness (QED) is 0.777. The van der Waals surface area contributed by atoms with Gasteiger partial charge in [0.25, 0.3) is 0 Å². The number of ether oxygens (including phenoxy) is 1. The Kier molecular flexibility index (Phi) is 7.34. The molecule has 0 aliphatic rings. The van der Waals surface area contributed by atoms with Crippen LogP contribution in [0.4, 0.5) is 0 Å². The number of rotatable bonds is 8. The Morgan fingerprint density at radius 3 is 2.37 bits per heavy atom. The number of hydrogen-bond acceptors (Lipinski definition) is 4. The maximum atomic E-state index is 12.7. The largest absolute Gasteiger partial charge is 0.497 e. The van der Waals surface area contributed by atoms with Gasteiger partial charge in [0.2, 0.25) is 11.8 Å². The summed E-state index contributed by atoms with van der Waals surface area (Å²) in [5.74, 6) is 0.283. The van der Waals surface area contributed by atoms with Crippen LogP contribution in [0.2, 0.25) is 0 Å². The summed E-state index contributed by atoms with van der Waals surface area (Å²) < 4.78 is 5.17. The fourth-order valence-corrected chi connectivity index (χ4v) is 2.63. The van der Waals surface area contributed by atoms with Crippen LogP contribution < -0.4 is 10.1 Å². The second kappa shape index (κ2) is 9.71. The average molecular weight is 369 g/mol. The van der Waals surface area contributed by atoms with Gasteiger partial charge in [-0.1, -0.05) is 32.0 Å². The third-order valence-electron chi connectivity index (χ3n) is 4.31. The minimum atomic E-state index is -0.592. The van der Waals surface area contributed by atoms with Crippen molar-refractivity contribution in [3.05, 3.63) is 59.9 Å². The lowest BCUT2D eigenvalue weighted by atomic mass is 10.1. The summed E-state index contributed by atoms with van der Waals surface area (Å²) in [5, 5.41) is 2.86. The maximum absolute atomic E-state index is 12.7. The van der Waals surface area contributed by atoms with Gasteiger partial charge in [0.1, 0.15) is 11.8 Å². The molecule has 1 heterocycles. The highest BCUT2D eigenvalue weighted by atomic mass is 16.5. The molecular weight excluding hydrogens is 342 g/mol. The lowest BCUT2D eigenvalue weighted by Crippen LogP contribution is -2.48. The van der Waals surface area contributed by atoms with Crippen LogP contribution in [0.1, 0.15) is 32.0 Å². The SMILES string of the molecule is COc1ccc(CN(C(=O)C(C)C)C(C)C(=O)NCc2ccccn2)cc1. The molecule has 6 nitrogen and oxygen atoms in total. The highest BCUT2D eigenvalue weighted by molar-refractivity contribution is 5.88. The third kappa shape index (κ3) is 5.81. The van der Waals surface area contributed by atoms with Gasteiger partial charge in [0.05, 0.1) is 19.3 Å². The van der Waals surface area contributed by atoms with Gasteiger partial charge in [0.15, 0.2) is 0 Å². The number of methoxy groups -OCH3 is 1. The highest BCUT2D eigenvalue weighted by Crippen LogP contribution is 2.16. The van der Waals surface area contributed by atoms with Gasteiger partial charge < -0.3 is 15.0 Å². The molecule has 1 N–H and O–H groups in total. The Hall–Kier alpha value is -2.89. The molecule has 0 aliphatic heterocycles. The summed E-state index contributed by atoms with van der Waals surface area (Å²) in [6.45, 7) is 6.11. The molecule has 6 heteroatoms. The lowest BCUT2D eigenvalue weighted by molar-refractivity contribution is -0.143. The van der Waals surface area contributed by atoms with Crippen molar-refractivity contribution in [1.82, 2.24) is 15.2 Å². The number of nitrogens with one attached hydrogen (secondary N) is 1. The van der Waals surface area contributed by atoms with Gasteiger partial charge >= 0.3 is 0 Å². The normalized spacial score (nSPS) is 11.7. The molecule has 27 heavy (non-hydrogen) atoms. The van der Waals surface area contributed by atoms with Gasteiger partial charge in [-0.15, -0.1) is 0 Å². The van der Waals surface area contributed by atoms with Crippen LogP contribution in [0.5, 0.6) is 5.75 Å². The van der Waals surface area contributed by atoms with Crippen molar-refractivity contribution in [3.63, 3.8) is 0 Å². The first-order chi connectivity index (χ1) is 12.9. The molecule has 1 unspecified atom stereocenters. The second-order valence-electron chi connectivity index (χ2n) is 6.68. The first-order valence-corrected chi connectivity index (χ1v) is 9.03. The third-order valence-corrected chi connectivity index (χ3v) is 4.31. The van der Waals surface area contributed by atoms with Crippen LogP contribution in [-0.2, 0) is 22.7 Å². The molecule has 2 rings (SSSR count). The van der Waals surface area contributed by atoms with E-state index in [-0.39, 0.29) is 17.7 Å². The summed E-state index contributed by atoms with van der Waals surface area (Å²) in [4.78, 5) is 31.1. The Morgan fingerprint density at radius 2 is 1.81 bits per heavy atom. The number of nitrogens with zero attached hydrogens (tertiary/aromatic N) is 2. The van der Waals surface area contributed by atoms with Crippen LogP contribution in [-0.4, -0.2) is 34.8 Å². The second-order valence-corrected chi connectivity index (χ2v) is 6.68. The highest BCUT2D eigenvalue weighted by Gasteiger charge is 2.27. The predicted molar refractivity (Wildman–Crippen MR) is 104 cm³/mol. The number of amides is 2. The average Bonchev–Trinajstić information content (AvgIpc) is 2.70. The van der Waals surface area contributed by atoms with Crippen LogP contribution in [0.3, 0.4) is 0 Å². The molecule has 0 radical (unpaired) electrons. The predicted octanol–water partition coefficient (Wildman–Crippen LogP) is 2.78. The molecule has 1 atom stereocenters. The van der Waals surface area contributed by atoms with E-state index in [2.05, 4.69) is 10.3 Å². The molecule has 2 aromatic rings. The zero-order valence-electron chi connectivity index (χ0n) is 16.3. The van der Waals surface area contributed by atoms with Crippen molar-refractivity contribution >= 4 is 11.8 Å².